The minimum atomic E-state index is -1.89. The van der Waals surface area contributed by atoms with Crippen molar-refractivity contribution in [1.82, 2.24) is 16.0 Å². The number of nitrogens with one attached hydrogen (secondary N) is 3. The van der Waals surface area contributed by atoms with Gasteiger partial charge >= 0.3 is 17.9 Å². The molecule has 0 spiro atoms. The number of hydrogen-bond donors (Lipinski definition) is 9. The van der Waals surface area contributed by atoms with Crippen LogP contribution in [0, 0.1) is 12.3 Å². The number of hydrogen-bond acceptors (Lipinski definition) is 15. The Morgan fingerprint density at radius 3 is 1.49 bits per heavy atom. The van der Waals surface area contributed by atoms with Gasteiger partial charge in [0.1, 0.15) is 19.8 Å². The van der Waals surface area contributed by atoms with Crippen LogP contribution in [0.1, 0.15) is 27.6 Å². The first-order valence-corrected chi connectivity index (χ1v) is 13.9. The van der Waals surface area contributed by atoms with E-state index in [2.05, 4.69) is 16.0 Å². The topological polar surface area (TPSA) is 288 Å². The number of benzene rings is 2. The summed E-state index contributed by atoms with van der Waals surface area (Å²) in [6.07, 6.45) is 6.06. The molecule has 0 saturated carbocycles. The van der Waals surface area contributed by atoms with Crippen LogP contribution in [0.15, 0.2) is 59.6 Å². The first kappa shape index (κ1) is 36.6. The van der Waals surface area contributed by atoms with Gasteiger partial charge in [0.2, 0.25) is 5.76 Å². The zero-order valence-corrected chi connectivity index (χ0v) is 25.3. The van der Waals surface area contributed by atoms with Gasteiger partial charge in [-0.15, -0.1) is 6.42 Å². The molecule has 3 rings (SSSR count). The fraction of sp³-hybridized carbons (Fsp3) is 0.226. The lowest BCUT2D eigenvalue weighted by Gasteiger charge is -2.25. The molecule has 2 aromatic rings. The number of terminal acetylenes is 1. The maximum Gasteiger partial charge on any atom is 0.332 e. The van der Waals surface area contributed by atoms with Crippen molar-refractivity contribution in [2.75, 3.05) is 19.8 Å². The van der Waals surface area contributed by atoms with E-state index < -0.39 is 125 Å². The number of esters is 3. The standard InChI is InChI=1S/C31H29N3O15/c1-3-14(23(38)20(35)4-2)26(41)32-17-11-47-30(45)19(34-28(43)16-8-6-10-22(37)25(16)40)13-49-31(46)18(12-48-29(17)44)33-27(42)15-7-5-9-21(36)24(15)39/h2-3,5-10,17-19,35-40H,11-13H2,1H3,(H,32,41)(H,33,42)(H,34,43)/b14-3+,23-20-/t17-,18-,19-/m1/s1. The molecule has 1 fully saturated rings. The minimum absolute atomic E-state index is 0.503. The molecule has 0 bridgehead atoms. The molecule has 18 heteroatoms. The van der Waals surface area contributed by atoms with Crippen molar-refractivity contribution >= 4 is 35.6 Å². The van der Waals surface area contributed by atoms with Gasteiger partial charge in [-0.25, -0.2) is 14.4 Å². The van der Waals surface area contributed by atoms with Crippen LogP contribution in [0.25, 0.3) is 0 Å². The van der Waals surface area contributed by atoms with Crippen molar-refractivity contribution in [3.63, 3.8) is 0 Å². The molecule has 0 radical (unpaired) electrons. The summed E-state index contributed by atoms with van der Waals surface area (Å²) in [5.41, 5.74) is -1.62. The van der Waals surface area contributed by atoms with Crippen molar-refractivity contribution in [2.45, 2.75) is 25.0 Å². The van der Waals surface area contributed by atoms with Crippen LogP contribution >= 0.6 is 0 Å². The van der Waals surface area contributed by atoms with E-state index in [0.29, 0.717) is 0 Å². The number of allylic oxidation sites excluding steroid dienone is 2. The second kappa shape index (κ2) is 16.1. The molecule has 1 heterocycles. The first-order valence-electron chi connectivity index (χ1n) is 13.9. The smallest absolute Gasteiger partial charge is 0.332 e. The summed E-state index contributed by atoms with van der Waals surface area (Å²) in [7, 11) is 0. The minimum Gasteiger partial charge on any atom is -0.504 e. The highest BCUT2D eigenvalue weighted by atomic mass is 16.6. The van der Waals surface area contributed by atoms with Gasteiger partial charge in [0.15, 0.2) is 46.9 Å². The number of rotatable bonds is 7. The molecule has 0 aromatic heterocycles. The number of carbonyl (C=O) groups is 6. The lowest BCUT2D eigenvalue weighted by molar-refractivity contribution is -0.161. The third-order valence-corrected chi connectivity index (χ3v) is 6.61. The Hall–Kier alpha value is -6.90. The van der Waals surface area contributed by atoms with Crippen LogP contribution < -0.4 is 16.0 Å². The van der Waals surface area contributed by atoms with Crippen molar-refractivity contribution in [2.24, 2.45) is 0 Å². The van der Waals surface area contributed by atoms with E-state index in [1.54, 1.807) is 5.92 Å². The summed E-state index contributed by atoms with van der Waals surface area (Å²) < 4.78 is 15.3. The predicted octanol–water partition coefficient (Wildman–Crippen LogP) is -0.559. The number of carbonyl (C=O) groups excluding carboxylic acids is 6. The van der Waals surface area contributed by atoms with E-state index in [4.69, 9.17) is 20.6 Å². The van der Waals surface area contributed by atoms with Gasteiger partial charge in [-0.3, -0.25) is 14.4 Å². The van der Waals surface area contributed by atoms with Crippen LogP contribution in [0.3, 0.4) is 0 Å². The van der Waals surface area contributed by atoms with Crippen LogP contribution in [0.2, 0.25) is 0 Å². The van der Waals surface area contributed by atoms with E-state index >= 15 is 0 Å². The molecule has 1 aliphatic rings. The molecule has 0 aliphatic carbocycles. The molecule has 1 saturated heterocycles. The Bertz CT molecular complexity index is 1710. The Labute approximate surface area is 276 Å². The predicted molar refractivity (Wildman–Crippen MR) is 162 cm³/mol. The first-order chi connectivity index (χ1) is 23.2. The zero-order chi connectivity index (χ0) is 36.4. The number of aromatic hydroxyl groups is 4. The molecule has 49 heavy (non-hydrogen) atoms. The Balaban J connectivity index is 1.96. The third-order valence-electron chi connectivity index (χ3n) is 6.61. The SMILES string of the molecule is C#C/C(O)=C(O)\C(=C/C)C(=O)N[C@@H]1COC(=O)[C@H](NC(=O)c2cccc(O)c2O)COC(=O)[C@H](NC(=O)c2cccc(O)c2O)COC1=O. The summed E-state index contributed by atoms with van der Waals surface area (Å²) >= 11 is 0. The molecule has 2 aromatic carbocycles. The summed E-state index contributed by atoms with van der Waals surface area (Å²) in [5.74, 6) is -11.0. The van der Waals surface area contributed by atoms with Crippen molar-refractivity contribution in [3.05, 3.63) is 70.7 Å². The number of aliphatic hydroxyl groups is 2. The molecule has 3 amide bonds. The largest absolute Gasteiger partial charge is 0.504 e. The monoisotopic (exact) mass is 683 g/mol. The molecule has 9 N–H and O–H groups in total. The van der Waals surface area contributed by atoms with E-state index in [0.717, 1.165) is 30.3 Å². The second-order valence-electron chi connectivity index (χ2n) is 9.86. The van der Waals surface area contributed by atoms with Crippen LogP contribution in [-0.2, 0) is 33.4 Å². The number of phenolic OH excluding ortho intramolecular Hbond substituents is 4. The summed E-state index contributed by atoms with van der Waals surface area (Å²) in [6.45, 7) is -1.66. The van der Waals surface area contributed by atoms with Crippen LogP contribution in [-0.4, -0.2) is 104 Å². The number of cyclic esters (lactones) is 3. The molecule has 0 unspecified atom stereocenters. The quantitative estimate of drug-likeness (QED) is 0.0336. The van der Waals surface area contributed by atoms with Crippen LogP contribution in [0.5, 0.6) is 23.0 Å². The van der Waals surface area contributed by atoms with Crippen molar-refractivity contribution in [3.8, 4) is 35.3 Å². The molecule has 18 nitrogen and oxygen atoms in total. The Morgan fingerprint density at radius 1 is 0.735 bits per heavy atom. The summed E-state index contributed by atoms with van der Waals surface area (Å²) in [5, 5.41) is 65.8. The maximum atomic E-state index is 13.1. The molecule has 3 atom stereocenters. The maximum absolute atomic E-state index is 13.1. The summed E-state index contributed by atoms with van der Waals surface area (Å²) in [6, 6.07) is 1.11. The van der Waals surface area contributed by atoms with E-state index in [-0.39, 0.29) is 0 Å². The summed E-state index contributed by atoms with van der Waals surface area (Å²) in [4.78, 5) is 78.0. The van der Waals surface area contributed by atoms with Crippen molar-refractivity contribution in [1.29, 1.82) is 0 Å². The van der Waals surface area contributed by atoms with E-state index in [9.17, 15) is 59.4 Å². The number of aliphatic hydroxyl groups excluding tert-OH is 2. The Morgan fingerprint density at radius 2 is 1.12 bits per heavy atom. The average molecular weight is 684 g/mol. The van der Waals surface area contributed by atoms with Gasteiger partial charge in [-0.1, -0.05) is 18.2 Å². The van der Waals surface area contributed by atoms with Gasteiger partial charge < -0.3 is 60.8 Å². The van der Waals surface area contributed by atoms with E-state index in [1.807, 2.05) is 0 Å². The lowest BCUT2D eigenvalue weighted by atomic mass is 10.1. The van der Waals surface area contributed by atoms with E-state index in [1.165, 1.54) is 19.1 Å². The fourth-order valence-corrected chi connectivity index (χ4v) is 4.01. The highest BCUT2D eigenvalue weighted by Gasteiger charge is 2.35. The molecular formula is C31H29N3O15. The number of phenols is 4. The molecular weight excluding hydrogens is 654 g/mol. The van der Waals surface area contributed by atoms with Gasteiger partial charge in [0.25, 0.3) is 17.7 Å². The average Bonchev–Trinajstić information content (AvgIpc) is 3.07. The molecule has 1 aliphatic heterocycles. The second-order valence-corrected chi connectivity index (χ2v) is 9.86. The highest BCUT2D eigenvalue weighted by Crippen LogP contribution is 2.29. The van der Waals surface area contributed by atoms with Crippen molar-refractivity contribution < 1.29 is 73.6 Å². The van der Waals surface area contributed by atoms with Gasteiger partial charge in [0, 0.05) is 0 Å². The normalized spacial score (nSPS) is 19.2. The number of amides is 3. The highest BCUT2D eigenvalue weighted by molar-refractivity contribution is 6.01. The van der Waals surface area contributed by atoms with Crippen LogP contribution in [0.4, 0.5) is 0 Å². The third kappa shape index (κ3) is 8.88. The lowest BCUT2D eigenvalue weighted by Crippen LogP contribution is -2.53. The zero-order valence-electron chi connectivity index (χ0n) is 25.3. The number of para-hydroxylation sites is 2. The Kier molecular flexibility index (Phi) is 12.0. The fourth-order valence-electron chi connectivity index (χ4n) is 4.01. The van der Waals surface area contributed by atoms with Gasteiger partial charge in [0.05, 0.1) is 16.7 Å². The number of ether oxygens (including phenoxy) is 3. The molecule has 258 valence electrons. The van der Waals surface area contributed by atoms with Gasteiger partial charge in [-0.2, -0.15) is 0 Å². The van der Waals surface area contributed by atoms with Gasteiger partial charge in [-0.05, 0) is 37.1 Å².